The minimum absolute atomic E-state index is 0.216. The van der Waals surface area contributed by atoms with Crippen LogP contribution in [0.15, 0.2) is 18.2 Å². The maximum atomic E-state index is 13.7. The summed E-state index contributed by atoms with van der Waals surface area (Å²) in [7, 11) is 1.44. The first-order chi connectivity index (χ1) is 9.02. The number of halogens is 1. The van der Waals surface area contributed by atoms with Crippen molar-refractivity contribution < 1.29 is 9.13 Å². The molecule has 0 fully saturated rings. The van der Waals surface area contributed by atoms with E-state index < -0.39 is 5.82 Å². The number of aromatic amines is 1. The van der Waals surface area contributed by atoms with Gasteiger partial charge < -0.3 is 4.74 Å². The van der Waals surface area contributed by atoms with E-state index in [9.17, 15) is 4.39 Å². The van der Waals surface area contributed by atoms with E-state index in [1.165, 1.54) is 13.2 Å². The molecule has 1 N–H and O–H groups in total. The van der Waals surface area contributed by atoms with Gasteiger partial charge in [-0.2, -0.15) is 5.10 Å². The fourth-order valence-electron chi connectivity index (χ4n) is 1.88. The third-order valence-electron chi connectivity index (χ3n) is 2.72. The first-order valence-corrected chi connectivity index (χ1v) is 6.43. The van der Waals surface area contributed by atoms with Crippen LogP contribution in [0, 0.1) is 16.5 Å². The predicted octanol–water partition coefficient (Wildman–Crippen LogP) is 3.41. The first-order valence-electron chi connectivity index (χ1n) is 6.02. The fourth-order valence-corrected chi connectivity index (χ4v) is 2.08. The topological polar surface area (TPSA) is 42.8 Å². The zero-order valence-electron chi connectivity index (χ0n) is 11.1. The van der Waals surface area contributed by atoms with Gasteiger partial charge in [-0.3, -0.25) is 9.67 Å². The van der Waals surface area contributed by atoms with Gasteiger partial charge in [-0.25, -0.2) is 4.39 Å². The van der Waals surface area contributed by atoms with Crippen molar-refractivity contribution in [3.63, 3.8) is 0 Å². The SMILES string of the molecule is COc1ccc(-c2n[nH]c(=S)n2CC(C)C)cc1F. The molecule has 0 aliphatic heterocycles. The summed E-state index contributed by atoms with van der Waals surface area (Å²) in [5.74, 6) is 0.865. The van der Waals surface area contributed by atoms with E-state index in [1.54, 1.807) is 12.1 Å². The average Bonchev–Trinajstić information content (AvgIpc) is 2.70. The van der Waals surface area contributed by atoms with Gasteiger partial charge in [-0.15, -0.1) is 0 Å². The second kappa shape index (κ2) is 5.52. The Labute approximate surface area is 116 Å². The summed E-state index contributed by atoms with van der Waals surface area (Å²) < 4.78 is 21.1. The van der Waals surface area contributed by atoms with Gasteiger partial charge in [0.1, 0.15) is 0 Å². The van der Waals surface area contributed by atoms with Crippen LogP contribution in [0.4, 0.5) is 4.39 Å². The summed E-state index contributed by atoms with van der Waals surface area (Å²) in [6, 6.07) is 4.76. The molecule has 0 amide bonds. The van der Waals surface area contributed by atoms with Gasteiger partial charge in [0.2, 0.25) is 0 Å². The van der Waals surface area contributed by atoms with Gasteiger partial charge in [0.15, 0.2) is 22.2 Å². The predicted molar refractivity (Wildman–Crippen MR) is 74.2 cm³/mol. The molecule has 102 valence electrons. The van der Waals surface area contributed by atoms with E-state index >= 15 is 0 Å². The van der Waals surface area contributed by atoms with Gasteiger partial charge in [0.25, 0.3) is 0 Å². The molecule has 0 aliphatic carbocycles. The van der Waals surface area contributed by atoms with Crippen LogP contribution >= 0.6 is 12.2 Å². The lowest BCUT2D eigenvalue weighted by atomic mass is 10.1. The van der Waals surface area contributed by atoms with E-state index in [4.69, 9.17) is 17.0 Å². The number of methoxy groups -OCH3 is 1. The second-order valence-electron chi connectivity index (χ2n) is 4.71. The Balaban J connectivity index is 2.47. The number of nitrogens with zero attached hydrogens (tertiary/aromatic N) is 2. The molecular weight excluding hydrogens is 265 g/mol. The number of nitrogens with one attached hydrogen (secondary N) is 1. The highest BCUT2D eigenvalue weighted by atomic mass is 32.1. The summed E-state index contributed by atoms with van der Waals surface area (Å²) in [5, 5.41) is 6.93. The number of hydrogen-bond donors (Lipinski definition) is 1. The van der Waals surface area contributed by atoms with Gasteiger partial charge in [0, 0.05) is 12.1 Å². The van der Waals surface area contributed by atoms with Crippen molar-refractivity contribution in [2.45, 2.75) is 20.4 Å². The van der Waals surface area contributed by atoms with Crippen LogP contribution < -0.4 is 4.74 Å². The van der Waals surface area contributed by atoms with Crippen LogP contribution in [0.5, 0.6) is 5.75 Å². The van der Waals surface area contributed by atoms with Crippen molar-refractivity contribution in [3.8, 4) is 17.1 Å². The average molecular weight is 281 g/mol. The Morgan fingerprint density at radius 3 is 2.79 bits per heavy atom. The molecule has 1 heterocycles. The minimum Gasteiger partial charge on any atom is -0.494 e. The monoisotopic (exact) mass is 281 g/mol. The van der Waals surface area contributed by atoms with Crippen LogP contribution in [0.2, 0.25) is 0 Å². The molecule has 2 aromatic rings. The van der Waals surface area contributed by atoms with Crippen LogP contribution in [0.25, 0.3) is 11.4 Å². The zero-order valence-corrected chi connectivity index (χ0v) is 11.9. The lowest BCUT2D eigenvalue weighted by molar-refractivity contribution is 0.386. The molecule has 0 unspecified atom stereocenters. The van der Waals surface area contributed by atoms with E-state index in [1.807, 2.05) is 4.57 Å². The van der Waals surface area contributed by atoms with Crippen molar-refractivity contribution in [2.24, 2.45) is 5.92 Å². The van der Waals surface area contributed by atoms with Crippen molar-refractivity contribution >= 4 is 12.2 Å². The molecule has 0 spiro atoms. The Hall–Kier alpha value is -1.69. The largest absolute Gasteiger partial charge is 0.494 e. The third-order valence-corrected chi connectivity index (χ3v) is 3.03. The maximum Gasteiger partial charge on any atom is 0.195 e. The van der Waals surface area contributed by atoms with Crippen molar-refractivity contribution in [3.05, 3.63) is 28.8 Å². The highest BCUT2D eigenvalue weighted by Crippen LogP contribution is 2.24. The van der Waals surface area contributed by atoms with Gasteiger partial charge in [0.05, 0.1) is 7.11 Å². The smallest absolute Gasteiger partial charge is 0.195 e. The standard InChI is InChI=1S/C13H16FN3OS/c1-8(2)7-17-12(15-16-13(17)19)9-4-5-11(18-3)10(14)6-9/h4-6,8H,7H2,1-3H3,(H,16,19). The van der Waals surface area contributed by atoms with E-state index in [0.717, 1.165) is 6.54 Å². The molecule has 6 heteroatoms. The highest BCUT2D eigenvalue weighted by molar-refractivity contribution is 7.71. The fraction of sp³-hybridized carbons (Fsp3) is 0.385. The number of ether oxygens (including phenoxy) is 1. The first kappa shape index (κ1) is 13.7. The molecule has 0 saturated heterocycles. The number of rotatable bonds is 4. The summed E-state index contributed by atoms with van der Waals surface area (Å²) in [4.78, 5) is 0. The molecule has 0 aliphatic rings. The molecular formula is C13H16FN3OS. The van der Waals surface area contributed by atoms with Crippen LogP contribution in [-0.2, 0) is 6.54 Å². The van der Waals surface area contributed by atoms with Gasteiger partial charge in [-0.05, 0) is 36.3 Å². The van der Waals surface area contributed by atoms with E-state index in [-0.39, 0.29) is 5.75 Å². The molecule has 1 aromatic heterocycles. The quantitative estimate of drug-likeness (QED) is 0.873. The van der Waals surface area contributed by atoms with Crippen molar-refractivity contribution in [1.29, 1.82) is 0 Å². The molecule has 0 atom stereocenters. The number of hydrogen-bond acceptors (Lipinski definition) is 3. The Kier molecular flexibility index (Phi) is 3.99. The number of benzene rings is 1. The lowest BCUT2D eigenvalue weighted by Gasteiger charge is -2.10. The minimum atomic E-state index is -0.412. The normalized spacial score (nSPS) is 11.0. The van der Waals surface area contributed by atoms with Crippen LogP contribution in [-0.4, -0.2) is 21.9 Å². The number of H-pyrrole nitrogens is 1. The molecule has 4 nitrogen and oxygen atoms in total. The molecule has 1 aromatic carbocycles. The summed E-state index contributed by atoms with van der Waals surface area (Å²) in [6.45, 7) is 4.92. The zero-order chi connectivity index (χ0) is 14.0. The Morgan fingerprint density at radius 1 is 1.47 bits per heavy atom. The molecule has 0 bridgehead atoms. The Morgan fingerprint density at radius 2 is 2.21 bits per heavy atom. The second-order valence-corrected chi connectivity index (χ2v) is 5.09. The lowest BCUT2D eigenvalue weighted by Crippen LogP contribution is -2.06. The summed E-state index contributed by atoms with van der Waals surface area (Å²) in [6.07, 6.45) is 0. The van der Waals surface area contributed by atoms with E-state index in [2.05, 4.69) is 24.0 Å². The molecule has 0 saturated carbocycles. The summed E-state index contributed by atoms with van der Waals surface area (Å²) >= 11 is 5.20. The van der Waals surface area contributed by atoms with Crippen molar-refractivity contribution in [2.75, 3.05) is 7.11 Å². The third kappa shape index (κ3) is 2.84. The number of aromatic nitrogens is 3. The van der Waals surface area contributed by atoms with Crippen LogP contribution in [0.1, 0.15) is 13.8 Å². The molecule has 19 heavy (non-hydrogen) atoms. The Bertz CT molecular complexity index is 633. The molecule has 0 radical (unpaired) electrons. The van der Waals surface area contributed by atoms with Crippen LogP contribution in [0.3, 0.4) is 0 Å². The maximum absolute atomic E-state index is 13.7. The van der Waals surface area contributed by atoms with E-state index in [0.29, 0.717) is 22.1 Å². The molecule has 2 rings (SSSR count). The van der Waals surface area contributed by atoms with Gasteiger partial charge >= 0.3 is 0 Å². The highest BCUT2D eigenvalue weighted by Gasteiger charge is 2.12. The van der Waals surface area contributed by atoms with Crippen molar-refractivity contribution in [1.82, 2.24) is 14.8 Å². The van der Waals surface area contributed by atoms with Gasteiger partial charge in [-0.1, -0.05) is 13.8 Å². The summed E-state index contributed by atoms with van der Waals surface area (Å²) in [5.41, 5.74) is 0.673.